The number of aryl methyl sites for hydroxylation is 1. The number of aliphatic carboxylic acids is 1. The van der Waals surface area contributed by atoms with Gasteiger partial charge in [0.05, 0.1) is 6.42 Å². The third-order valence-electron chi connectivity index (χ3n) is 2.24. The number of carboxylic acids is 1. The third kappa shape index (κ3) is 3.73. The molecule has 0 spiro atoms. The van der Waals surface area contributed by atoms with Crippen LogP contribution >= 0.6 is 0 Å². The first-order valence-corrected chi connectivity index (χ1v) is 5.23. The molecule has 4 heteroatoms. The molecule has 0 aromatic heterocycles. The molecule has 4 nitrogen and oxygen atoms in total. The Labute approximate surface area is 94.3 Å². The van der Waals surface area contributed by atoms with E-state index < -0.39 is 5.97 Å². The third-order valence-corrected chi connectivity index (χ3v) is 2.24. The molecule has 0 saturated heterocycles. The zero-order valence-electron chi connectivity index (χ0n) is 9.19. The van der Waals surface area contributed by atoms with Gasteiger partial charge in [-0.05, 0) is 18.1 Å². The summed E-state index contributed by atoms with van der Waals surface area (Å²) in [5.41, 5.74) is 1.81. The van der Waals surface area contributed by atoms with E-state index in [0.717, 1.165) is 17.7 Å². The Morgan fingerprint density at radius 3 is 2.56 bits per heavy atom. The highest BCUT2D eigenvalue weighted by Gasteiger charge is 2.07. The van der Waals surface area contributed by atoms with Crippen LogP contribution in [0.15, 0.2) is 24.3 Å². The number of carbonyl (C=O) groups excluding carboxylic acids is 1. The number of carbonyl (C=O) groups is 2. The molecule has 0 aliphatic rings. The van der Waals surface area contributed by atoms with E-state index in [9.17, 15) is 9.59 Å². The van der Waals surface area contributed by atoms with Crippen molar-refractivity contribution in [2.24, 2.45) is 0 Å². The number of carboxylic acid groups (broad SMARTS) is 1. The number of anilines is 1. The lowest BCUT2D eigenvalue weighted by Gasteiger charge is -2.08. The maximum Gasteiger partial charge on any atom is 0.303 e. The summed E-state index contributed by atoms with van der Waals surface area (Å²) < 4.78 is 0. The van der Waals surface area contributed by atoms with Crippen molar-refractivity contribution in [1.82, 2.24) is 0 Å². The van der Waals surface area contributed by atoms with Gasteiger partial charge >= 0.3 is 5.97 Å². The van der Waals surface area contributed by atoms with Crippen molar-refractivity contribution in [3.05, 3.63) is 29.8 Å². The van der Waals surface area contributed by atoms with E-state index in [-0.39, 0.29) is 18.7 Å². The Bertz CT molecular complexity index is 388. The molecule has 0 fully saturated rings. The molecule has 0 saturated carbocycles. The van der Waals surface area contributed by atoms with E-state index in [1.807, 2.05) is 31.2 Å². The number of nitrogens with one attached hydrogen (secondary N) is 1. The average molecular weight is 221 g/mol. The molecule has 0 bridgehead atoms. The molecular weight excluding hydrogens is 206 g/mol. The summed E-state index contributed by atoms with van der Waals surface area (Å²) in [7, 11) is 0. The van der Waals surface area contributed by atoms with Crippen LogP contribution in [0.4, 0.5) is 5.69 Å². The second-order valence-corrected chi connectivity index (χ2v) is 3.45. The molecule has 0 aliphatic carbocycles. The molecule has 0 atom stereocenters. The van der Waals surface area contributed by atoms with Gasteiger partial charge in [0.2, 0.25) is 5.91 Å². The van der Waals surface area contributed by atoms with Gasteiger partial charge in [-0.25, -0.2) is 0 Å². The minimum atomic E-state index is -0.959. The quantitative estimate of drug-likeness (QED) is 0.799. The van der Waals surface area contributed by atoms with Crippen LogP contribution in [0.25, 0.3) is 0 Å². The lowest BCUT2D eigenvalue weighted by molar-refractivity contribution is -0.138. The number of rotatable bonds is 5. The Morgan fingerprint density at radius 2 is 1.94 bits per heavy atom. The fourth-order valence-corrected chi connectivity index (χ4v) is 1.38. The number of hydrogen-bond donors (Lipinski definition) is 2. The van der Waals surface area contributed by atoms with Crippen molar-refractivity contribution in [1.29, 1.82) is 0 Å². The second kappa shape index (κ2) is 5.90. The van der Waals surface area contributed by atoms with Gasteiger partial charge in [0.1, 0.15) is 0 Å². The molecule has 1 aromatic carbocycles. The van der Waals surface area contributed by atoms with Gasteiger partial charge in [-0.1, -0.05) is 25.1 Å². The molecule has 1 aromatic rings. The van der Waals surface area contributed by atoms with Crippen LogP contribution < -0.4 is 5.32 Å². The molecule has 1 amide bonds. The largest absolute Gasteiger partial charge is 0.481 e. The second-order valence-electron chi connectivity index (χ2n) is 3.45. The van der Waals surface area contributed by atoms with Crippen LogP contribution in [0.1, 0.15) is 25.3 Å². The van der Waals surface area contributed by atoms with Gasteiger partial charge in [0, 0.05) is 12.1 Å². The van der Waals surface area contributed by atoms with E-state index in [1.54, 1.807) is 0 Å². The van der Waals surface area contributed by atoms with Crippen LogP contribution in [0, 0.1) is 0 Å². The van der Waals surface area contributed by atoms with Crippen LogP contribution in [0.5, 0.6) is 0 Å². The zero-order valence-corrected chi connectivity index (χ0v) is 9.19. The van der Waals surface area contributed by atoms with Crippen molar-refractivity contribution >= 4 is 17.6 Å². The lowest BCUT2D eigenvalue weighted by atomic mass is 10.1. The van der Waals surface area contributed by atoms with Gasteiger partial charge in [-0.15, -0.1) is 0 Å². The summed E-state index contributed by atoms with van der Waals surface area (Å²) >= 11 is 0. The number of amides is 1. The molecule has 0 radical (unpaired) electrons. The maximum atomic E-state index is 11.4. The van der Waals surface area contributed by atoms with Gasteiger partial charge < -0.3 is 10.4 Å². The molecule has 16 heavy (non-hydrogen) atoms. The predicted octanol–water partition coefficient (Wildman–Crippen LogP) is 2.05. The number of benzene rings is 1. The minimum Gasteiger partial charge on any atom is -0.481 e. The van der Waals surface area contributed by atoms with Crippen molar-refractivity contribution in [2.75, 3.05) is 5.32 Å². The highest BCUT2D eigenvalue weighted by atomic mass is 16.4. The SMILES string of the molecule is CCc1ccccc1NC(=O)CCC(=O)O. The smallest absolute Gasteiger partial charge is 0.303 e. The Morgan fingerprint density at radius 1 is 1.25 bits per heavy atom. The molecule has 2 N–H and O–H groups in total. The van der Waals surface area contributed by atoms with Crippen molar-refractivity contribution in [2.45, 2.75) is 26.2 Å². The summed E-state index contributed by atoms with van der Waals surface area (Å²) in [4.78, 5) is 21.7. The van der Waals surface area contributed by atoms with E-state index in [1.165, 1.54) is 0 Å². The Balaban J connectivity index is 2.58. The van der Waals surface area contributed by atoms with E-state index in [2.05, 4.69) is 5.32 Å². The Kier molecular flexibility index (Phi) is 4.51. The molecule has 86 valence electrons. The number of para-hydroxylation sites is 1. The maximum absolute atomic E-state index is 11.4. The van der Waals surface area contributed by atoms with Gasteiger partial charge in [0.15, 0.2) is 0 Å². The molecule has 0 aliphatic heterocycles. The summed E-state index contributed by atoms with van der Waals surface area (Å²) in [5.74, 6) is -1.22. The van der Waals surface area contributed by atoms with E-state index >= 15 is 0 Å². The van der Waals surface area contributed by atoms with E-state index in [0.29, 0.717) is 0 Å². The minimum absolute atomic E-state index is 0.00732. The fourth-order valence-electron chi connectivity index (χ4n) is 1.38. The first-order valence-electron chi connectivity index (χ1n) is 5.23. The van der Waals surface area contributed by atoms with Crippen molar-refractivity contribution in [3.8, 4) is 0 Å². The fraction of sp³-hybridized carbons (Fsp3) is 0.333. The lowest BCUT2D eigenvalue weighted by Crippen LogP contribution is -2.14. The molecule has 0 unspecified atom stereocenters. The zero-order chi connectivity index (χ0) is 12.0. The monoisotopic (exact) mass is 221 g/mol. The van der Waals surface area contributed by atoms with Crippen LogP contribution in [0.3, 0.4) is 0 Å². The Hall–Kier alpha value is -1.84. The first kappa shape index (κ1) is 12.2. The highest BCUT2D eigenvalue weighted by molar-refractivity contribution is 5.93. The van der Waals surface area contributed by atoms with Crippen LogP contribution in [-0.2, 0) is 16.0 Å². The molecule has 1 rings (SSSR count). The summed E-state index contributed by atoms with van der Waals surface area (Å²) in [6.07, 6.45) is 0.697. The standard InChI is InChI=1S/C12H15NO3/c1-2-9-5-3-4-6-10(9)13-11(14)7-8-12(15)16/h3-6H,2,7-8H2,1H3,(H,13,14)(H,15,16). The highest BCUT2D eigenvalue weighted by Crippen LogP contribution is 2.15. The summed E-state index contributed by atoms with van der Waals surface area (Å²) in [6, 6.07) is 7.50. The topological polar surface area (TPSA) is 66.4 Å². The predicted molar refractivity (Wildman–Crippen MR) is 61.3 cm³/mol. The normalized spacial score (nSPS) is 9.81. The summed E-state index contributed by atoms with van der Waals surface area (Å²) in [5, 5.41) is 11.2. The first-order chi connectivity index (χ1) is 7.63. The number of hydrogen-bond acceptors (Lipinski definition) is 2. The van der Waals surface area contributed by atoms with Crippen LogP contribution in [-0.4, -0.2) is 17.0 Å². The van der Waals surface area contributed by atoms with Crippen LogP contribution in [0.2, 0.25) is 0 Å². The van der Waals surface area contributed by atoms with Crippen molar-refractivity contribution in [3.63, 3.8) is 0 Å². The van der Waals surface area contributed by atoms with Gasteiger partial charge in [-0.3, -0.25) is 9.59 Å². The average Bonchev–Trinajstić information content (AvgIpc) is 2.27. The van der Waals surface area contributed by atoms with Gasteiger partial charge in [-0.2, -0.15) is 0 Å². The van der Waals surface area contributed by atoms with Gasteiger partial charge in [0.25, 0.3) is 0 Å². The summed E-state index contributed by atoms with van der Waals surface area (Å²) in [6.45, 7) is 2.00. The van der Waals surface area contributed by atoms with Crippen molar-refractivity contribution < 1.29 is 14.7 Å². The van der Waals surface area contributed by atoms with E-state index in [4.69, 9.17) is 5.11 Å². The molecule has 0 heterocycles. The molecular formula is C12H15NO3.